The lowest BCUT2D eigenvalue weighted by Gasteiger charge is -2.04. The molecular weight excluding hydrogens is 307 g/mol. The van der Waals surface area contributed by atoms with Gasteiger partial charge < -0.3 is 5.11 Å². The van der Waals surface area contributed by atoms with E-state index in [9.17, 15) is 9.18 Å². The fourth-order valence-electron chi connectivity index (χ4n) is 1.75. The first-order valence-electron chi connectivity index (χ1n) is 6.46. The van der Waals surface area contributed by atoms with E-state index in [1.807, 2.05) is 30.3 Å². The van der Waals surface area contributed by atoms with Crippen LogP contribution in [0.2, 0.25) is 0 Å². The first kappa shape index (κ1) is 15.9. The van der Waals surface area contributed by atoms with Crippen LogP contribution in [0.3, 0.4) is 0 Å². The summed E-state index contributed by atoms with van der Waals surface area (Å²) < 4.78 is 13.4. The van der Waals surface area contributed by atoms with Crippen molar-refractivity contribution in [1.29, 1.82) is 0 Å². The number of aliphatic carboxylic acids is 1. The number of carbonyl (C=O) groups is 1. The van der Waals surface area contributed by atoms with Gasteiger partial charge in [0.05, 0.1) is 6.42 Å². The first-order valence-corrected chi connectivity index (χ1v) is 8.43. The van der Waals surface area contributed by atoms with Gasteiger partial charge in [0, 0.05) is 21.3 Å². The number of thioether (sulfide) groups is 2. The van der Waals surface area contributed by atoms with E-state index in [1.54, 1.807) is 23.9 Å². The molecule has 0 radical (unpaired) electrons. The van der Waals surface area contributed by atoms with Gasteiger partial charge in [-0.1, -0.05) is 24.3 Å². The smallest absolute Gasteiger partial charge is 0.307 e. The fraction of sp³-hybridized carbons (Fsp3) is 0.188. The third-order valence-electron chi connectivity index (χ3n) is 2.72. The minimum atomic E-state index is -0.823. The first-order chi connectivity index (χ1) is 10.1. The zero-order chi connectivity index (χ0) is 15.1. The second-order valence-electron chi connectivity index (χ2n) is 4.34. The average molecular weight is 322 g/mol. The van der Waals surface area contributed by atoms with E-state index in [4.69, 9.17) is 5.11 Å². The van der Waals surface area contributed by atoms with Gasteiger partial charge in [-0.3, -0.25) is 4.79 Å². The minimum Gasteiger partial charge on any atom is -0.481 e. The van der Waals surface area contributed by atoms with Crippen LogP contribution in [-0.2, 0) is 11.2 Å². The summed E-state index contributed by atoms with van der Waals surface area (Å²) in [5.74, 6) is 0.696. The van der Waals surface area contributed by atoms with Crippen LogP contribution in [0.15, 0.2) is 58.3 Å². The number of carboxylic acids is 1. The Bertz CT molecular complexity index is 599. The molecule has 1 N–H and O–H groups in total. The normalized spacial score (nSPS) is 10.5. The molecule has 0 aliphatic heterocycles. The van der Waals surface area contributed by atoms with Gasteiger partial charge in [-0.25, -0.2) is 4.39 Å². The molecule has 0 aliphatic carbocycles. The number of benzene rings is 2. The third-order valence-corrected chi connectivity index (χ3v) is 5.05. The molecule has 0 atom stereocenters. The van der Waals surface area contributed by atoms with Gasteiger partial charge in [0.25, 0.3) is 0 Å². The monoisotopic (exact) mass is 322 g/mol. The largest absolute Gasteiger partial charge is 0.481 e. The third kappa shape index (κ3) is 5.44. The number of rotatable bonds is 7. The number of hydrogen-bond donors (Lipinski definition) is 1. The Hall–Kier alpha value is -1.46. The highest BCUT2D eigenvalue weighted by Gasteiger charge is 2.03. The summed E-state index contributed by atoms with van der Waals surface area (Å²) in [6.07, 6.45) is 0.0497. The van der Waals surface area contributed by atoms with Crippen LogP contribution < -0.4 is 0 Å². The van der Waals surface area contributed by atoms with Gasteiger partial charge in [-0.05, 0) is 29.8 Å². The van der Waals surface area contributed by atoms with Crippen molar-refractivity contribution >= 4 is 29.5 Å². The van der Waals surface area contributed by atoms with Crippen molar-refractivity contribution in [3.8, 4) is 0 Å². The van der Waals surface area contributed by atoms with E-state index in [-0.39, 0.29) is 12.2 Å². The lowest BCUT2D eigenvalue weighted by Crippen LogP contribution is -1.99. The molecule has 5 heteroatoms. The maximum atomic E-state index is 13.4. The second-order valence-corrected chi connectivity index (χ2v) is 6.65. The van der Waals surface area contributed by atoms with Gasteiger partial charge >= 0.3 is 5.97 Å². The fourth-order valence-corrected chi connectivity index (χ4v) is 3.58. The molecule has 0 saturated carbocycles. The molecule has 0 fully saturated rings. The Morgan fingerprint density at radius 1 is 1.00 bits per heavy atom. The van der Waals surface area contributed by atoms with Crippen LogP contribution in [0.1, 0.15) is 5.56 Å². The van der Waals surface area contributed by atoms with E-state index in [2.05, 4.69) is 0 Å². The standard InChI is InChI=1S/C16H15FO2S2/c17-14-3-1-2-4-15(14)21-10-9-20-13-7-5-12(6-8-13)11-16(18)19/h1-8H,9-11H2,(H,18,19). The van der Waals surface area contributed by atoms with Gasteiger partial charge in [0.15, 0.2) is 0 Å². The summed E-state index contributed by atoms with van der Waals surface area (Å²) in [6.45, 7) is 0. The molecular formula is C16H15FO2S2. The van der Waals surface area contributed by atoms with Crippen molar-refractivity contribution in [2.75, 3.05) is 11.5 Å². The lowest BCUT2D eigenvalue weighted by molar-refractivity contribution is -0.136. The predicted molar refractivity (Wildman–Crippen MR) is 85.6 cm³/mol. The Morgan fingerprint density at radius 3 is 2.33 bits per heavy atom. The molecule has 0 aliphatic rings. The van der Waals surface area contributed by atoms with Crippen molar-refractivity contribution in [2.45, 2.75) is 16.2 Å². The van der Waals surface area contributed by atoms with Crippen molar-refractivity contribution in [2.24, 2.45) is 0 Å². The number of hydrogen-bond acceptors (Lipinski definition) is 3. The Balaban J connectivity index is 1.76. The highest BCUT2D eigenvalue weighted by Crippen LogP contribution is 2.25. The molecule has 0 bridgehead atoms. The molecule has 0 saturated heterocycles. The van der Waals surface area contributed by atoms with Crippen molar-refractivity contribution in [1.82, 2.24) is 0 Å². The van der Waals surface area contributed by atoms with Crippen LogP contribution >= 0.6 is 23.5 Å². The number of carboxylic acid groups (broad SMARTS) is 1. The van der Waals surface area contributed by atoms with Crippen LogP contribution in [-0.4, -0.2) is 22.6 Å². The van der Waals surface area contributed by atoms with E-state index in [0.29, 0.717) is 4.90 Å². The van der Waals surface area contributed by atoms with E-state index in [0.717, 1.165) is 22.0 Å². The molecule has 0 unspecified atom stereocenters. The molecule has 0 aromatic heterocycles. The molecule has 0 heterocycles. The molecule has 21 heavy (non-hydrogen) atoms. The van der Waals surface area contributed by atoms with Gasteiger partial charge in [-0.2, -0.15) is 0 Å². The topological polar surface area (TPSA) is 37.3 Å². The summed E-state index contributed by atoms with van der Waals surface area (Å²) in [7, 11) is 0. The maximum Gasteiger partial charge on any atom is 0.307 e. The summed E-state index contributed by atoms with van der Waals surface area (Å²) >= 11 is 3.19. The van der Waals surface area contributed by atoms with Gasteiger partial charge in [0.2, 0.25) is 0 Å². The summed E-state index contributed by atoms with van der Waals surface area (Å²) in [6, 6.07) is 14.3. The Kier molecular flexibility index (Phi) is 6.14. The van der Waals surface area contributed by atoms with Crippen LogP contribution in [0.5, 0.6) is 0 Å². The average Bonchev–Trinajstić information content (AvgIpc) is 2.46. The SMILES string of the molecule is O=C(O)Cc1ccc(SCCSc2ccccc2F)cc1. The van der Waals surface area contributed by atoms with E-state index < -0.39 is 5.97 Å². The summed E-state index contributed by atoms with van der Waals surface area (Å²) in [4.78, 5) is 12.4. The molecule has 0 spiro atoms. The quantitative estimate of drug-likeness (QED) is 0.608. The molecule has 2 aromatic carbocycles. The van der Waals surface area contributed by atoms with Crippen LogP contribution in [0.25, 0.3) is 0 Å². The maximum absolute atomic E-state index is 13.4. The summed E-state index contributed by atoms with van der Waals surface area (Å²) in [5.41, 5.74) is 0.799. The van der Waals surface area contributed by atoms with Crippen molar-refractivity contribution in [3.63, 3.8) is 0 Å². The Labute approximate surface area is 131 Å². The highest BCUT2D eigenvalue weighted by molar-refractivity contribution is 8.03. The zero-order valence-electron chi connectivity index (χ0n) is 11.3. The Morgan fingerprint density at radius 2 is 1.67 bits per heavy atom. The lowest BCUT2D eigenvalue weighted by atomic mass is 10.2. The number of halogens is 1. The molecule has 2 rings (SSSR count). The van der Waals surface area contributed by atoms with Crippen molar-refractivity contribution in [3.05, 3.63) is 59.9 Å². The van der Waals surface area contributed by atoms with E-state index in [1.165, 1.54) is 17.8 Å². The molecule has 110 valence electrons. The molecule has 2 aromatic rings. The second kappa shape index (κ2) is 8.10. The van der Waals surface area contributed by atoms with E-state index >= 15 is 0 Å². The van der Waals surface area contributed by atoms with Gasteiger partial charge in [-0.15, -0.1) is 23.5 Å². The molecule has 2 nitrogen and oxygen atoms in total. The predicted octanol–water partition coefficient (Wildman–Crippen LogP) is 4.34. The zero-order valence-corrected chi connectivity index (χ0v) is 12.9. The summed E-state index contributed by atoms with van der Waals surface area (Å²) in [5, 5.41) is 8.70. The minimum absolute atomic E-state index is 0.0497. The molecule has 0 amide bonds. The van der Waals surface area contributed by atoms with Crippen LogP contribution in [0.4, 0.5) is 4.39 Å². The highest BCUT2D eigenvalue weighted by atomic mass is 32.2. The van der Waals surface area contributed by atoms with Crippen molar-refractivity contribution < 1.29 is 14.3 Å². The van der Waals surface area contributed by atoms with Crippen LogP contribution in [0, 0.1) is 5.82 Å². The van der Waals surface area contributed by atoms with Gasteiger partial charge in [0.1, 0.15) is 5.82 Å².